The van der Waals surface area contributed by atoms with Gasteiger partial charge in [-0.25, -0.2) is 0 Å². The molecule has 2 rings (SSSR count). The summed E-state index contributed by atoms with van der Waals surface area (Å²) in [7, 11) is 3.97. The van der Waals surface area contributed by atoms with E-state index in [1.54, 1.807) is 0 Å². The van der Waals surface area contributed by atoms with Crippen molar-refractivity contribution in [1.82, 2.24) is 15.5 Å². The van der Waals surface area contributed by atoms with Crippen molar-refractivity contribution in [2.75, 3.05) is 47.1 Å². The van der Waals surface area contributed by atoms with E-state index in [1.165, 1.54) is 11.1 Å². The Morgan fingerprint density at radius 2 is 2.07 bits per heavy atom. The highest BCUT2D eigenvalue weighted by molar-refractivity contribution is 5.79. The predicted molar refractivity (Wildman–Crippen MR) is 116 cm³/mol. The first-order chi connectivity index (χ1) is 13.6. The molecule has 0 saturated carbocycles. The largest absolute Gasteiger partial charge is 0.381 e. The van der Waals surface area contributed by atoms with E-state index < -0.39 is 0 Å². The molecule has 1 aliphatic heterocycles. The van der Waals surface area contributed by atoms with Gasteiger partial charge in [0.2, 0.25) is 0 Å². The monoisotopic (exact) mass is 390 g/mol. The van der Waals surface area contributed by atoms with E-state index in [9.17, 15) is 0 Å². The Balaban J connectivity index is 1.67. The Kier molecular flexibility index (Phi) is 10.3. The molecular weight excluding hydrogens is 352 g/mol. The van der Waals surface area contributed by atoms with E-state index in [2.05, 4.69) is 65.7 Å². The molecular formula is C22H38N4O2. The minimum absolute atomic E-state index is 0.527. The smallest absolute Gasteiger partial charge is 0.191 e. The summed E-state index contributed by atoms with van der Waals surface area (Å²) in [4.78, 5) is 6.68. The molecule has 1 atom stereocenters. The second-order valence-electron chi connectivity index (χ2n) is 7.79. The van der Waals surface area contributed by atoms with Gasteiger partial charge in [-0.15, -0.1) is 0 Å². The molecule has 6 heteroatoms. The molecule has 1 aliphatic rings. The number of rotatable bonds is 11. The van der Waals surface area contributed by atoms with Crippen LogP contribution in [0.3, 0.4) is 0 Å². The Morgan fingerprint density at radius 3 is 2.75 bits per heavy atom. The summed E-state index contributed by atoms with van der Waals surface area (Å²) in [5, 5.41) is 6.80. The van der Waals surface area contributed by atoms with Crippen molar-refractivity contribution in [3.05, 3.63) is 35.4 Å². The molecule has 0 amide bonds. The lowest BCUT2D eigenvalue weighted by Gasteiger charge is -2.23. The van der Waals surface area contributed by atoms with Gasteiger partial charge in [0.1, 0.15) is 0 Å². The average molecular weight is 391 g/mol. The number of hydrogen-bond acceptors (Lipinski definition) is 4. The second-order valence-corrected chi connectivity index (χ2v) is 7.79. The lowest BCUT2D eigenvalue weighted by Crippen LogP contribution is -2.38. The Hall–Kier alpha value is -1.63. The standard InChI is InChI=1S/C22H38N4O2/c1-18(2)26(4)15-21-9-6-5-8-20(21)14-25-22(23-3)24-11-7-12-27-16-19-10-13-28-17-19/h5-6,8-9,18-19H,7,10-17H2,1-4H3,(H2,23,24,25). The third-order valence-electron chi connectivity index (χ3n) is 5.23. The zero-order valence-corrected chi connectivity index (χ0v) is 18.0. The summed E-state index contributed by atoms with van der Waals surface area (Å²) >= 11 is 0. The molecule has 1 fully saturated rings. The third-order valence-corrected chi connectivity index (χ3v) is 5.23. The van der Waals surface area contributed by atoms with Crippen molar-refractivity contribution in [2.45, 2.75) is 45.8 Å². The van der Waals surface area contributed by atoms with Crippen molar-refractivity contribution in [3.63, 3.8) is 0 Å². The maximum atomic E-state index is 5.75. The minimum Gasteiger partial charge on any atom is -0.381 e. The van der Waals surface area contributed by atoms with Crippen LogP contribution in [0.4, 0.5) is 0 Å². The lowest BCUT2D eigenvalue weighted by molar-refractivity contribution is 0.0888. The molecule has 0 aliphatic carbocycles. The molecule has 2 N–H and O–H groups in total. The SMILES string of the molecule is CN=C(NCCCOCC1CCOC1)NCc1ccccc1CN(C)C(C)C. The van der Waals surface area contributed by atoms with Crippen molar-refractivity contribution >= 4 is 5.96 Å². The highest BCUT2D eigenvalue weighted by atomic mass is 16.5. The number of benzene rings is 1. The summed E-state index contributed by atoms with van der Waals surface area (Å²) in [6, 6.07) is 9.12. The van der Waals surface area contributed by atoms with Crippen LogP contribution < -0.4 is 10.6 Å². The van der Waals surface area contributed by atoms with E-state index in [0.717, 1.165) is 64.9 Å². The lowest BCUT2D eigenvalue weighted by atomic mass is 10.1. The van der Waals surface area contributed by atoms with Crippen molar-refractivity contribution in [1.29, 1.82) is 0 Å². The van der Waals surface area contributed by atoms with Crippen LogP contribution in [0.25, 0.3) is 0 Å². The molecule has 158 valence electrons. The van der Waals surface area contributed by atoms with Gasteiger partial charge in [0.25, 0.3) is 0 Å². The Labute approximate surface area is 170 Å². The van der Waals surface area contributed by atoms with Gasteiger partial charge in [0, 0.05) is 51.9 Å². The third kappa shape index (κ3) is 8.17. The Bertz CT molecular complexity index is 586. The number of nitrogens with one attached hydrogen (secondary N) is 2. The van der Waals surface area contributed by atoms with Crippen LogP contribution in [0, 0.1) is 5.92 Å². The molecule has 28 heavy (non-hydrogen) atoms. The van der Waals surface area contributed by atoms with Crippen molar-refractivity contribution in [2.24, 2.45) is 10.9 Å². The van der Waals surface area contributed by atoms with E-state index in [1.807, 2.05) is 7.05 Å². The molecule has 1 aromatic carbocycles. The van der Waals surface area contributed by atoms with E-state index in [4.69, 9.17) is 9.47 Å². The first-order valence-corrected chi connectivity index (χ1v) is 10.5. The summed E-state index contributed by atoms with van der Waals surface area (Å²) in [6.07, 6.45) is 2.09. The van der Waals surface area contributed by atoms with Gasteiger partial charge in [0.15, 0.2) is 5.96 Å². The maximum absolute atomic E-state index is 5.75. The topological polar surface area (TPSA) is 58.1 Å². The molecule has 0 spiro atoms. The van der Waals surface area contributed by atoms with E-state index >= 15 is 0 Å². The predicted octanol–water partition coefficient (Wildman–Crippen LogP) is 2.64. The van der Waals surface area contributed by atoms with Crippen LogP contribution in [0.1, 0.15) is 37.8 Å². The fraction of sp³-hybridized carbons (Fsp3) is 0.682. The van der Waals surface area contributed by atoms with Gasteiger partial charge in [-0.3, -0.25) is 9.89 Å². The molecule has 1 aromatic rings. The van der Waals surface area contributed by atoms with Crippen LogP contribution in [0.15, 0.2) is 29.3 Å². The number of ether oxygens (including phenoxy) is 2. The van der Waals surface area contributed by atoms with E-state index in [0.29, 0.717) is 12.0 Å². The van der Waals surface area contributed by atoms with Gasteiger partial charge in [-0.05, 0) is 44.9 Å². The number of aliphatic imine (C=N–C) groups is 1. The second kappa shape index (κ2) is 12.8. The number of guanidine groups is 1. The van der Waals surface area contributed by atoms with Gasteiger partial charge < -0.3 is 20.1 Å². The summed E-state index contributed by atoms with van der Waals surface area (Å²) in [6.45, 7) is 10.3. The van der Waals surface area contributed by atoms with Crippen LogP contribution in [0.5, 0.6) is 0 Å². The molecule has 0 radical (unpaired) electrons. The van der Waals surface area contributed by atoms with Crippen LogP contribution in [-0.4, -0.2) is 64.0 Å². The summed E-state index contributed by atoms with van der Waals surface area (Å²) in [5.41, 5.74) is 2.66. The van der Waals surface area contributed by atoms with Crippen LogP contribution >= 0.6 is 0 Å². The molecule has 1 heterocycles. The first kappa shape index (κ1) is 22.7. The van der Waals surface area contributed by atoms with Crippen LogP contribution in [0.2, 0.25) is 0 Å². The van der Waals surface area contributed by atoms with E-state index in [-0.39, 0.29) is 0 Å². The number of nitrogens with zero attached hydrogens (tertiary/aromatic N) is 2. The quantitative estimate of drug-likeness (QED) is 0.346. The van der Waals surface area contributed by atoms with Gasteiger partial charge in [0.05, 0.1) is 13.2 Å². The average Bonchev–Trinajstić information content (AvgIpc) is 3.21. The van der Waals surface area contributed by atoms with Crippen molar-refractivity contribution < 1.29 is 9.47 Å². The fourth-order valence-electron chi connectivity index (χ4n) is 3.08. The zero-order valence-electron chi connectivity index (χ0n) is 18.0. The summed E-state index contributed by atoms with van der Waals surface area (Å²) in [5.74, 6) is 1.41. The molecule has 1 saturated heterocycles. The fourth-order valence-corrected chi connectivity index (χ4v) is 3.08. The molecule has 0 aromatic heterocycles. The molecule has 1 unspecified atom stereocenters. The highest BCUT2D eigenvalue weighted by Gasteiger charge is 2.15. The Morgan fingerprint density at radius 1 is 1.29 bits per heavy atom. The molecule has 0 bridgehead atoms. The normalized spacial score (nSPS) is 17.5. The van der Waals surface area contributed by atoms with Crippen LogP contribution in [-0.2, 0) is 22.6 Å². The van der Waals surface area contributed by atoms with Crippen molar-refractivity contribution in [3.8, 4) is 0 Å². The van der Waals surface area contributed by atoms with Gasteiger partial charge in [-0.2, -0.15) is 0 Å². The maximum Gasteiger partial charge on any atom is 0.191 e. The number of hydrogen-bond donors (Lipinski definition) is 2. The highest BCUT2D eigenvalue weighted by Crippen LogP contribution is 2.13. The minimum atomic E-state index is 0.527. The summed E-state index contributed by atoms with van der Waals surface area (Å²) < 4.78 is 11.1. The van der Waals surface area contributed by atoms with Gasteiger partial charge in [-0.1, -0.05) is 24.3 Å². The molecule has 6 nitrogen and oxygen atoms in total. The zero-order chi connectivity index (χ0) is 20.2. The van der Waals surface area contributed by atoms with Gasteiger partial charge >= 0.3 is 0 Å². The first-order valence-electron chi connectivity index (χ1n) is 10.5.